The predicted octanol–water partition coefficient (Wildman–Crippen LogP) is 4.10. The number of amides is 1. The van der Waals surface area contributed by atoms with Gasteiger partial charge in [-0.25, -0.2) is 4.98 Å². The van der Waals surface area contributed by atoms with E-state index in [1.54, 1.807) is 17.0 Å². The molecule has 0 saturated carbocycles. The number of rotatable bonds is 7. The van der Waals surface area contributed by atoms with Gasteiger partial charge in [0.15, 0.2) is 16.6 Å². The Bertz CT molecular complexity index is 996. The number of fused-ring (bicyclic) bond motifs is 2. The van der Waals surface area contributed by atoms with E-state index in [1.807, 2.05) is 50.2 Å². The molecule has 7 nitrogen and oxygen atoms in total. The fourth-order valence-corrected chi connectivity index (χ4v) is 4.17. The van der Waals surface area contributed by atoms with Gasteiger partial charge in [-0.05, 0) is 45.3 Å². The zero-order valence-corrected chi connectivity index (χ0v) is 19.4. The molecule has 0 radical (unpaired) electrons. The maximum Gasteiger partial charge on any atom is 0.260 e. The van der Waals surface area contributed by atoms with Crippen LogP contribution in [0, 0.1) is 0 Å². The van der Waals surface area contributed by atoms with Crippen molar-refractivity contribution in [3.63, 3.8) is 0 Å². The van der Waals surface area contributed by atoms with Crippen LogP contribution in [0.1, 0.15) is 17.3 Å². The first-order chi connectivity index (χ1) is 14.5. The van der Waals surface area contributed by atoms with Gasteiger partial charge in [0, 0.05) is 30.8 Å². The minimum Gasteiger partial charge on any atom is -0.494 e. The summed E-state index contributed by atoms with van der Waals surface area (Å²) in [5, 5.41) is 0.660. The Morgan fingerprint density at radius 2 is 1.77 bits per heavy atom. The van der Waals surface area contributed by atoms with Crippen LogP contribution in [-0.2, 0) is 0 Å². The van der Waals surface area contributed by atoms with Crippen LogP contribution in [0.4, 0.5) is 5.13 Å². The summed E-state index contributed by atoms with van der Waals surface area (Å²) in [7, 11) is 3.97. The third kappa shape index (κ3) is 5.20. The highest BCUT2D eigenvalue weighted by Gasteiger charge is 2.23. The molecule has 2 heterocycles. The molecule has 31 heavy (non-hydrogen) atoms. The fourth-order valence-electron chi connectivity index (χ4n) is 3.17. The van der Waals surface area contributed by atoms with Crippen molar-refractivity contribution in [2.24, 2.45) is 0 Å². The standard InChI is InChI=1S/C22H25N3O4S.ClH/c1-4-27-16-7-5-15(6-8-16)21(26)25(10-9-24(2)3)22-23-17-13-18-19(14-20(17)30-22)29-12-11-28-18;/h5-8,13-14H,4,9-12H2,1-3H3;1H. The molecule has 9 heteroatoms. The molecule has 3 aromatic rings. The second-order valence-electron chi connectivity index (χ2n) is 7.18. The molecule has 0 N–H and O–H groups in total. The van der Waals surface area contributed by atoms with E-state index in [0.717, 1.165) is 28.3 Å². The second-order valence-corrected chi connectivity index (χ2v) is 8.19. The lowest BCUT2D eigenvalue weighted by Gasteiger charge is -2.22. The number of likely N-dealkylation sites (N-methyl/N-ethyl adjacent to an activating group) is 1. The number of aromatic nitrogens is 1. The number of carbonyl (C=O) groups excluding carboxylic acids is 1. The number of halogens is 1. The summed E-state index contributed by atoms with van der Waals surface area (Å²) in [5.41, 5.74) is 1.40. The predicted molar refractivity (Wildman–Crippen MR) is 126 cm³/mol. The summed E-state index contributed by atoms with van der Waals surface area (Å²) >= 11 is 1.48. The number of ether oxygens (including phenoxy) is 3. The van der Waals surface area contributed by atoms with Gasteiger partial charge in [-0.1, -0.05) is 11.3 Å². The topological polar surface area (TPSA) is 64.1 Å². The number of hydrogen-bond acceptors (Lipinski definition) is 7. The van der Waals surface area contributed by atoms with E-state index in [1.165, 1.54) is 11.3 Å². The summed E-state index contributed by atoms with van der Waals surface area (Å²) in [4.78, 5) is 21.9. The first-order valence-electron chi connectivity index (χ1n) is 9.95. The summed E-state index contributed by atoms with van der Waals surface area (Å²) in [6, 6.07) is 11.1. The smallest absolute Gasteiger partial charge is 0.260 e. The van der Waals surface area contributed by atoms with Crippen LogP contribution >= 0.6 is 23.7 Å². The van der Waals surface area contributed by atoms with Gasteiger partial charge in [-0.15, -0.1) is 12.4 Å². The molecule has 0 saturated heterocycles. The van der Waals surface area contributed by atoms with Crippen molar-refractivity contribution < 1.29 is 19.0 Å². The summed E-state index contributed by atoms with van der Waals surface area (Å²) in [5.74, 6) is 2.08. The van der Waals surface area contributed by atoms with E-state index >= 15 is 0 Å². The number of carbonyl (C=O) groups is 1. The molecule has 0 aliphatic carbocycles. The van der Waals surface area contributed by atoms with Crippen molar-refractivity contribution in [3.05, 3.63) is 42.0 Å². The summed E-state index contributed by atoms with van der Waals surface area (Å²) < 4.78 is 17.8. The van der Waals surface area contributed by atoms with Crippen molar-refractivity contribution in [1.82, 2.24) is 9.88 Å². The van der Waals surface area contributed by atoms with E-state index in [9.17, 15) is 4.79 Å². The van der Waals surface area contributed by atoms with E-state index < -0.39 is 0 Å². The number of hydrogen-bond donors (Lipinski definition) is 0. The number of nitrogens with zero attached hydrogens (tertiary/aromatic N) is 3. The average Bonchev–Trinajstić information content (AvgIpc) is 3.15. The molecule has 0 spiro atoms. The van der Waals surface area contributed by atoms with Crippen molar-refractivity contribution in [2.75, 3.05) is 51.9 Å². The largest absolute Gasteiger partial charge is 0.494 e. The van der Waals surface area contributed by atoms with Gasteiger partial charge >= 0.3 is 0 Å². The highest BCUT2D eigenvalue weighted by atomic mass is 35.5. The Kier molecular flexibility index (Phi) is 7.59. The Balaban J connectivity index is 0.00000272. The maximum absolute atomic E-state index is 13.3. The SMILES string of the molecule is CCOc1ccc(C(=O)N(CCN(C)C)c2nc3cc4c(cc3s2)OCCO4)cc1.Cl. The normalized spacial score (nSPS) is 12.5. The molecule has 0 bridgehead atoms. The van der Waals surface area contributed by atoms with Crippen LogP contribution < -0.4 is 19.1 Å². The van der Waals surface area contributed by atoms with Crippen LogP contribution in [0.15, 0.2) is 36.4 Å². The van der Waals surface area contributed by atoms with Crippen LogP contribution in [0.2, 0.25) is 0 Å². The summed E-state index contributed by atoms with van der Waals surface area (Å²) in [6.07, 6.45) is 0. The van der Waals surface area contributed by atoms with Crippen LogP contribution in [0.5, 0.6) is 17.2 Å². The molecule has 0 fully saturated rings. The van der Waals surface area contributed by atoms with Crippen LogP contribution in [0.25, 0.3) is 10.2 Å². The van der Waals surface area contributed by atoms with Crippen molar-refractivity contribution in [1.29, 1.82) is 0 Å². The van der Waals surface area contributed by atoms with Crippen LogP contribution in [0.3, 0.4) is 0 Å². The molecule has 4 rings (SSSR count). The molecule has 1 aromatic heterocycles. The van der Waals surface area contributed by atoms with Gasteiger partial charge in [0.25, 0.3) is 5.91 Å². The average molecular weight is 464 g/mol. The Morgan fingerprint density at radius 3 is 2.42 bits per heavy atom. The zero-order valence-electron chi connectivity index (χ0n) is 17.8. The fraction of sp³-hybridized carbons (Fsp3) is 0.364. The lowest BCUT2D eigenvalue weighted by Crippen LogP contribution is -2.36. The van der Waals surface area contributed by atoms with Gasteiger partial charge in [0.05, 0.1) is 16.8 Å². The maximum atomic E-state index is 13.3. The first kappa shape index (κ1) is 23.1. The Morgan fingerprint density at radius 1 is 1.10 bits per heavy atom. The minimum atomic E-state index is -0.0868. The molecular formula is C22H26ClN3O4S. The van der Waals surface area contributed by atoms with Crippen molar-refractivity contribution in [2.45, 2.75) is 6.92 Å². The first-order valence-corrected chi connectivity index (χ1v) is 10.8. The lowest BCUT2D eigenvalue weighted by atomic mass is 10.2. The van der Waals surface area contributed by atoms with Gasteiger partial charge < -0.3 is 19.1 Å². The van der Waals surface area contributed by atoms with Gasteiger partial charge in [-0.2, -0.15) is 0 Å². The van der Waals surface area contributed by atoms with Gasteiger partial charge in [0.1, 0.15) is 19.0 Å². The highest BCUT2D eigenvalue weighted by Crippen LogP contribution is 2.39. The van der Waals surface area contributed by atoms with Crippen LogP contribution in [-0.4, -0.2) is 62.8 Å². The molecule has 0 atom stereocenters. The molecule has 2 aromatic carbocycles. The molecule has 0 unspecified atom stereocenters. The third-order valence-electron chi connectivity index (χ3n) is 4.70. The molecule has 1 aliphatic rings. The molecule has 1 amide bonds. The monoisotopic (exact) mass is 463 g/mol. The summed E-state index contributed by atoms with van der Waals surface area (Å²) in [6.45, 7) is 4.84. The number of anilines is 1. The number of benzene rings is 2. The highest BCUT2D eigenvalue weighted by molar-refractivity contribution is 7.22. The Labute approximate surface area is 191 Å². The zero-order chi connectivity index (χ0) is 21.1. The third-order valence-corrected chi connectivity index (χ3v) is 5.74. The lowest BCUT2D eigenvalue weighted by molar-refractivity contribution is 0.0985. The van der Waals surface area contributed by atoms with Crippen molar-refractivity contribution >= 4 is 45.0 Å². The Hall–Kier alpha value is -2.55. The molecule has 166 valence electrons. The van der Waals surface area contributed by atoms with E-state index in [2.05, 4.69) is 0 Å². The number of thiazole rings is 1. The quantitative estimate of drug-likeness (QED) is 0.525. The second kappa shape index (κ2) is 10.2. The van der Waals surface area contributed by atoms with E-state index in [0.29, 0.717) is 42.8 Å². The van der Waals surface area contributed by atoms with E-state index in [-0.39, 0.29) is 18.3 Å². The van der Waals surface area contributed by atoms with Gasteiger partial charge in [0.2, 0.25) is 0 Å². The molecular weight excluding hydrogens is 438 g/mol. The minimum absolute atomic E-state index is 0. The molecule has 1 aliphatic heterocycles. The van der Waals surface area contributed by atoms with E-state index in [4.69, 9.17) is 19.2 Å². The van der Waals surface area contributed by atoms with Gasteiger partial charge in [-0.3, -0.25) is 9.69 Å². The van der Waals surface area contributed by atoms with Crippen molar-refractivity contribution in [3.8, 4) is 17.2 Å².